The molecule has 0 aliphatic heterocycles. The highest BCUT2D eigenvalue weighted by molar-refractivity contribution is 5.76. The molecular weight excluding hydrogens is 198 g/mol. The van der Waals surface area contributed by atoms with Crippen LogP contribution >= 0.6 is 0 Å². The Morgan fingerprint density at radius 3 is 2.31 bits per heavy atom. The summed E-state index contributed by atoms with van der Waals surface area (Å²) < 4.78 is 1.75. The fraction of sp³-hybridized carbons (Fsp3) is 0.308. The van der Waals surface area contributed by atoms with Crippen LogP contribution in [-0.2, 0) is 7.05 Å². The van der Waals surface area contributed by atoms with Crippen molar-refractivity contribution in [3.8, 4) is 11.1 Å². The van der Waals surface area contributed by atoms with Crippen LogP contribution in [0.25, 0.3) is 11.1 Å². The van der Waals surface area contributed by atoms with Crippen molar-refractivity contribution < 1.29 is 0 Å². The average molecular weight is 215 g/mol. The zero-order chi connectivity index (χ0) is 11.9. The molecule has 84 valence electrons. The monoisotopic (exact) mass is 215 g/mol. The standard InChI is InChI=1S/C13H17N3/c1-8-5-6-11(10(3)9(8)2)12-7-16(4)15-13(12)14/h5-7H,1-4H3,(H2,14,15). The molecule has 0 amide bonds. The molecule has 1 aromatic heterocycles. The van der Waals surface area contributed by atoms with Crippen LogP contribution < -0.4 is 5.73 Å². The molecule has 0 atom stereocenters. The molecular formula is C13H17N3. The fourth-order valence-electron chi connectivity index (χ4n) is 1.96. The Morgan fingerprint density at radius 1 is 1.06 bits per heavy atom. The second-order valence-electron chi connectivity index (χ2n) is 4.28. The third-order valence-corrected chi connectivity index (χ3v) is 3.21. The van der Waals surface area contributed by atoms with Gasteiger partial charge in [-0.05, 0) is 43.0 Å². The first-order valence-electron chi connectivity index (χ1n) is 5.37. The molecule has 3 heteroatoms. The fourth-order valence-corrected chi connectivity index (χ4v) is 1.96. The van der Waals surface area contributed by atoms with Gasteiger partial charge in [0.05, 0.1) is 0 Å². The van der Waals surface area contributed by atoms with E-state index in [2.05, 4.69) is 38.0 Å². The molecule has 0 fully saturated rings. The second kappa shape index (κ2) is 3.67. The number of hydrogen-bond acceptors (Lipinski definition) is 2. The van der Waals surface area contributed by atoms with Gasteiger partial charge in [-0.1, -0.05) is 12.1 Å². The summed E-state index contributed by atoms with van der Waals surface area (Å²) in [4.78, 5) is 0. The van der Waals surface area contributed by atoms with Crippen LogP contribution in [0.2, 0.25) is 0 Å². The quantitative estimate of drug-likeness (QED) is 0.794. The van der Waals surface area contributed by atoms with Gasteiger partial charge in [-0.2, -0.15) is 5.10 Å². The lowest BCUT2D eigenvalue weighted by molar-refractivity contribution is 0.772. The first-order valence-corrected chi connectivity index (χ1v) is 5.37. The number of benzene rings is 1. The summed E-state index contributed by atoms with van der Waals surface area (Å²) in [6.45, 7) is 6.39. The lowest BCUT2D eigenvalue weighted by atomic mass is 9.95. The molecule has 1 aromatic carbocycles. The van der Waals surface area contributed by atoms with Crippen LogP contribution in [-0.4, -0.2) is 9.78 Å². The maximum atomic E-state index is 5.90. The van der Waals surface area contributed by atoms with Crippen LogP contribution in [0, 0.1) is 20.8 Å². The van der Waals surface area contributed by atoms with Gasteiger partial charge in [-0.25, -0.2) is 0 Å². The van der Waals surface area contributed by atoms with Gasteiger partial charge in [0.15, 0.2) is 5.82 Å². The van der Waals surface area contributed by atoms with Crippen molar-refractivity contribution in [3.05, 3.63) is 35.0 Å². The van der Waals surface area contributed by atoms with Crippen LogP contribution in [0.4, 0.5) is 5.82 Å². The first-order chi connectivity index (χ1) is 7.50. The maximum Gasteiger partial charge on any atom is 0.153 e. The molecule has 0 radical (unpaired) electrons. The van der Waals surface area contributed by atoms with Gasteiger partial charge in [0.25, 0.3) is 0 Å². The number of anilines is 1. The van der Waals surface area contributed by atoms with Crippen molar-refractivity contribution in [2.24, 2.45) is 7.05 Å². The van der Waals surface area contributed by atoms with Gasteiger partial charge in [0.2, 0.25) is 0 Å². The lowest BCUT2D eigenvalue weighted by Crippen LogP contribution is -1.93. The normalized spacial score (nSPS) is 10.8. The number of nitrogen functional groups attached to an aromatic ring is 1. The lowest BCUT2D eigenvalue weighted by Gasteiger charge is -2.10. The number of nitrogens with zero attached hydrogens (tertiary/aromatic N) is 2. The van der Waals surface area contributed by atoms with E-state index in [1.807, 2.05) is 13.2 Å². The number of aromatic nitrogens is 2. The zero-order valence-electron chi connectivity index (χ0n) is 10.2. The van der Waals surface area contributed by atoms with Gasteiger partial charge in [-0.15, -0.1) is 0 Å². The Balaban J connectivity index is 2.65. The van der Waals surface area contributed by atoms with Gasteiger partial charge in [0.1, 0.15) is 0 Å². The van der Waals surface area contributed by atoms with Gasteiger partial charge >= 0.3 is 0 Å². The highest BCUT2D eigenvalue weighted by Crippen LogP contribution is 2.30. The van der Waals surface area contributed by atoms with E-state index < -0.39 is 0 Å². The van der Waals surface area contributed by atoms with E-state index in [1.54, 1.807) is 4.68 Å². The van der Waals surface area contributed by atoms with E-state index in [1.165, 1.54) is 22.3 Å². The smallest absolute Gasteiger partial charge is 0.153 e. The molecule has 0 spiro atoms. The minimum atomic E-state index is 0.592. The molecule has 16 heavy (non-hydrogen) atoms. The Labute approximate surface area is 95.9 Å². The molecule has 0 unspecified atom stereocenters. The van der Waals surface area contributed by atoms with Crippen molar-refractivity contribution in [2.45, 2.75) is 20.8 Å². The Hall–Kier alpha value is -1.77. The number of hydrogen-bond donors (Lipinski definition) is 1. The zero-order valence-corrected chi connectivity index (χ0v) is 10.2. The van der Waals surface area contributed by atoms with E-state index >= 15 is 0 Å². The number of nitrogens with two attached hydrogens (primary N) is 1. The Morgan fingerprint density at radius 2 is 1.75 bits per heavy atom. The predicted octanol–water partition coefficient (Wildman–Crippen LogP) is 2.59. The third kappa shape index (κ3) is 1.58. The summed E-state index contributed by atoms with van der Waals surface area (Å²) in [5, 5.41) is 4.18. The largest absolute Gasteiger partial charge is 0.382 e. The number of aryl methyl sites for hydroxylation is 2. The van der Waals surface area contributed by atoms with Crippen LogP contribution in [0.1, 0.15) is 16.7 Å². The van der Waals surface area contributed by atoms with E-state index in [4.69, 9.17) is 5.73 Å². The van der Waals surface area contributed by atoms with E-state index in [0.717, 1.165) is 5.56 Å². The van der Waals surface area contributed by atoms with Gasteiger partial charge in [-0.3, -0.25) is 4.68 Å². The van der Waals surface area contributed by atoms with Crippen molar-refractivity contribution in [3.63, 3.8) is 0 Å². The average Bonchev–Trinajstić information content (AvgIpc) is 2.55. The SMILES string of the molecule is Cc1ccc(-c2cn(C)nc2N)c(C)c1C. The minimum Gasteiger partial charge on any atom is -0.382 e. The molecule has 0 saturated carbocycles. The summed E-state index contributed by atoms with van der Waals surface area (Å²) in [7, 11) is 1.89. The Bertz CT molecular complexity index is 538. The van der Waals surface area contributed by atoms with Crippen molar-refractivity contribution in [2.75, 3.05) is 5.73 Å². The summed E-state index contributed by atoms with van der Waals surface area (Å²) in [6.07, 6.45) is 1.96. The van der Waals surface area contributed by atoms with Crippen LogP contribution in [0.15, 0.2) is 18.3 Å². The van der Waals surface area contributed by atoms with E-state index in [-0.39, 0.29) is 0 Å². The molecule has 2 N–H and O–H groups in total. The van der Waals surface area contributed by atoms with Gasteiger partial charge in [0, 0.05) is 18.8 Å². The molecule has 2 aromatic rings. The molecule has 0 saturated heterocycles. The van der Waals surface area contributed by atoms with Crippen molar-refractivity contribution in [1.29, 1.82) is 0 Å². The van der Waals surface area contributed by atoms with Crippen LogP contribution in [0.5, 0.6) is 0 Å². The molecule has 0 aliphatic rings. The summed E-state index contributed by atoms with van der Waals surface area (Å²) in [5.74, 6) is 0.592. The highest BCUT2D eigenvalue weighted by Gasteiger charge is 2.11. The molecule has 0 aliphatic carbocycles. The van der Waals surface area contributed by atoms with Crippen molar-refractivity contribution >= 4 is 5.82 Å². The minimum absolute atomic E-state index is 0.592. The molecule has 1 heterocycles. The third-order valence-electron chi connectivity index (χ3n) is 3.21. The second-order valence-corrected chi connectivity index (χ2v) is 4.28. The number of rotatable bonds is 1. The van der Waals surface area contributed by atoms with E-state index in [9.17, 15) is 0 Å². The topological polar surface area (TPSA) is 43.8 Å². The first kappa shape index (κ1) is 10.7. The van der Waals surface area contributed by atoms with Gasteiger partial charge < -0.3 is 5.73 Å². The maximum absolute atomic E-state index is 5.90. The molecule has 3 nitrogen and oxygen atoms in total. The molecule has 0 bridgehead atoms. The van der Waals surface area contributed by atoms with E-state index in [0.29, 0.717) is 5.82 Å². The summed E-state index contributed by atoms with van der Waals surface area (Å²) in [5.41, 5.74) is 12.0. The molecule has 2 rings (SSSR count). The van der Waals surface area contributed by atoms with Crippen molar-refractivity contribution in [1.82, 2.24) is 9.78 Å². The summed E-state index contributed by atoms with van der Waals surface area (Å²) >= 11 is 0. The Kier molecular flexibility index (Phi) is 2.46. The highest BCUT2D eigenvalue weighted by atomic mass is 15.3. The van der Waals surface area contributed by atoms with Crippen LogP contribution in [0.3, 0.4) is 0 Å². The summed E-state index contributed by atoms with van der Waals surface area (Å²) in [6, 6.07) is 4.25. The predicted molar refractivity (Wildman–Crippen MR) is 67.3 cm³/mol.